The highest BCUT2D eigenvalue weighted by Crippen LogP contribution is 2.16. The van der Waals surface area contributed by atoms with Crippen LogP contribution in [-0.2, 0) is 10.0 Å². The Hall–Kier alpha value is -2.21. The number of aryl methyl sites for hydroxylation is 1. The van der Waals surface area contributed by atoms with E-state index in [4.69, 9.17) is 10.5 Å². The van der Waals surface area contributed by atoms with Gasteiger partial charge in [-0.15, -0.1) is 0 Å². The Labute approximate surface area is 124 Å². The molecule has 0 heterocycles. The first-order chi connectivity index (χ1) is 9.96. The number of nitrogens with two attached hydrogens (primary N) is 1. The van der Waals surface area contributed by atoms with Crippen molar-refractivity contribution in [1.29, 1.82) is 0 Å². The summed E-state index contributed by atoms with van der Waals surface area (Å²) in [5.41, 5.74) is 7.66. The topological polar surface area (TPSA) is 81.4 Å². The largest absolute Gasteiger partial charge is 0.492 e. The molecule has 0 aliphatic carbocycles. The molecule has 2 aromatic carbocycles. The quantitative estimate of drug-likeness (QED) is 0.803. The highest BCUT2D eigenvalue weighted by molar-refractivity contribution is 7.92. The number of rotatable bonds is 6. The highest BCUT2D eigenvalue weighted by atomic mass is 32.2. The Morgan fingerprint density at radius 1 is 1.14 bits per heavy atom. The van der Waals surface area contributed by atoms with Crippen LogP contribution in [0.3, 0.4) is 0 Å². The van der Waals surface area contributed by atoms with Crippen LogP contribution in [0.4, 0.5) is 11.4 Å². The molecule has 0 unspecified atom stereocenters. The van der Waals surface area contributed by atoms with E-state index in [1.165, 1.54) is 0 Å². The van der Waals surface area contributed by atoms with E-state index in [1.807, 2.05) is 19.1 Å². The number of nitrogens with one attached hydrogen (secondary N) is 1. The Balaban J connectivity index is 1.91. The number of hydrogen-bond donors (Lipinski definition) is 2. The smallest absolute Gasteiger partial charge is 0.236 e. The summed E-state index contributed by atoms with van der Waals surface area (Å²) in [4.78, 5) is 0. The third-order valence-electron chi connectivity index (χ3n) is 2.89. The minimum atomic E-state index is -3.44. The van der Waals surface area contributed by atoms with E-state index in [-0.39, 0.29) is 12.4 Å². The Kier molecular flexibility index (Phi) is 4.70. The van der Waals surface area contributed by atoms with Crippen molar-refractivity contribution < 1.29 is 13.2 Å². The first kappa shape index (κ1) is 15.2. The van der Waals surface area contributed by atoms with Gasteiger partial charge in [0, 0.05) is 11.8 Å². The van der Waals surface area contributed by atoms with E-state index < -0.39 is 10.0 Å². The number of nitrogen functional groups attached to an aromatic ring is 1. The maximum absolute atomic E-state index is 12.0. The maximum Gasteiger partial charge on any atom is 0.236 e. The predicted octanol–water partition coefficient (Wildman–Crippen LogP) is 2.40. The average Bonchev–Trinajstić information content (AvgIpc) is 2.41. The van der Waals surface area contributed by atoms with Gasteiger partial charge in [-0.25, -0.2) is 8.42 Å². The number of ether oxygens (including phenoxy) is 1. The second-order valence-corrected chi connectivity index (χ2v) is 6.50. The van der Waals surface area contributed by atoms with Crippen LogP contribution in [-0.4, -0.2) is 20.8 Å². The number of para-hydroxylation sites is 1. The minimum absolute atomic E-state index is 0.0602. The number of benzene rings is 2. The minimum Gasteiger partial charge on any atom is -0.492 e. The van der Waals surface area contributed by atoms with E-state index in [0.717, 1.165) is 5.56 Å². The normalized spacial score (nSPS) is 11.1. The molecule has 0 bridgehead atoms. The molecule has 0 fully saturated rings. The molecule has 6 heteroatoms. The monoisotopic (exact) mass is 306 g/mol. The summed E-state index contributed by atoms with van der Waals surface area (Å²) < 4.78 is 31.9. The van der Waals surface area contributed by atoms with Crippen molar-refractivity contribution in [3.05, 3.63) is 54.1 Å². The molecule has 112 valence electrons. The fourth-order valence-electron chi connectivity index (χ4n) is 1.78. The van der Waals surface area contributed by atoms with Crippen LogP contribution >= 0.6 is 0 Å². The van der Waals surface area contributed by atoms with Crippen molar-refractivity contribution in [2.45, 2.75) is 6.92 Å². The molecule has 21 heavy (non-hydrogen) atoms. The molecule has 3 N–H and O–H groups in total. The van der Waals surface area contributed by atoms with Gasteiger partial charge in [0.2, 0.25) is 10.0 Å². The molecule has 0 aliphatic heterocycles. The van der Waals surface area contributed by atoms with Gasteiger partial charge in [0.25, 0.3) is 0 Å². The van der Waals surface area contributed by atoms with Crippen LogP contribution in [0.1, 0.15) is 5.56 Å². The second-order valence-electron chi connectivity index (χ2n) is 4.66. The number of sulfonamides is 1. The van der Waals surface area contributed by atoms with Crippen LogP contribution in [0, 0.1) is 6.92 Å². The molecule has 0 saturated carbocycles. The molecule has 0 spiro atoms. The van der Waals surface area contributed by atoms with Crippen LogP contribution in [0.2, 0.25) is 0 Å². The van der Waals surface area contributed by atoms with E-state index >= 15 is 0 Å². The lowest BCUT2D eigenvalue weighted by atomic mass is 10.2. The molecule has 2 rings (SSSR count). The zero-order valence-electron chi connectivity index (χ0n) is 11.7. The molecule has 0 aliphatic rings. The molecule has 0 atom stereocenters. The maximum atomic E-state index is 12.0. The van der Waals surface area contributed by atoms with Crippen molar-refractivity contribution in [3.63, 3.8) is 0 Å². The van der Waals surface area contributed by atoms with Gasteiger partial charge in [0.15, 0.2) is 0 Å². The van der Waals surface area contributed by atoms with Crippen LogP contribution in [0.15, 0.2) is 48.5 Å². The molecule has 0 aromatic heterocycles. The van der Waals surface area contributed by atoms with E-state index in [0.29, 0.717) is 17.1 Å². The zero-order valence-corrected chi connectivity index (χ0v) is 12.6. The third-order valence-corrected chi connectivity index (χ3v) is 4.12. The summed E-state index contributed by atoms with van der Waals surface area (Å²) in [6.07, 6.45) is 0. The SMILES string of the molecule is Cc1ccccc1NS(=O)(=O)CCOc1cccc(N)c1. The average molecular weight is 306 g/mol. The van der Waals surface area contributed by atoms with Crippen molar-refractivity contribution in [3.8, 4) is 5.75 Å². The van der Waals surface area contributed by atoms with Crippen molar-refractivity contribution in [2.75, 3.05) is 22.8 Å². The summed E-state index contributed by atoms with van der Waals surface area (Å²) in [5, 5.41) is 0. The lowest BCUT2D eigenvalue weighted by Crippen LogP contribution is -2.21. The van der Waals surface area contributed by atoms with Gasteiger partial charge in [0.05, 0.1) is 5.69 Å². The number of anilines is 2. The first-order valence-electron chi connectivity index (χ1n) is 6.51. The van der Waals surface area contributed by atoms with Gasteiger partial charge in [-0.3, -0.25) is 4.72 Å². The second kappa shape index (κ2) is 6.49. The van der Waals surface area contributed by atoms with Crippen LogP contribution < -0.4 is 15.2 Å². The molecule has 0 amide bonds. The summed E-state index contributed by atoms with van der Waals surface area (Å²) in [7, 11) is -3.44. The molecule has 5 nitrogen and oxygen atoms in total. The lowest BCUT2D eigenvalue weighted by Gasteiger charge is -2.11. The number of hydrogen-bond acceptors (Lipinski definition) is 4. The molecule has 0 radical (unpaired) electrons. The first-order valence-corrected chi connectivity index (χ1v) is 8.16. The van der Waals surface area contributed by atoms with Gasteiger partial charge in [-0.2, -0.15) is 0 Å². The van der Waals surface area contributed by atoms with Gasteiger partial charge in [-0.05, 0) is 30.7 Å². The van der Waals surface area contributed by atoms with Gasteiger partial charge in [-0.1, -0.05) is 24.3 Å². The molecular weight excluding hydrogens is 288 g/mol. The molecule has 2 aromatic rings. The predicted molar refractivity (Wildman–Crippen MR) is 84.9 cm³/mol. The van der Waals surface area contributed by atoms with Crippen molar-refractivity contribution in [2.24, 2.45) is 0 Å². The van der Waals surface area contributed by atoms with Gasteiger partial charge in [0.1, 0.15) is 18.1 Å². The van der Waals surface area contributed by atoms with Crippen molar-refractivity contribution in [1.82, 2.24) is 0 Å². The summed E-state index contributed by atoms with van der Waals surface area (Å²) in [5.74, 6) is 0.428. The fraction of sp³-hybridized carbons (Fsp3) is 0.200. The Morgan fingerprint density at radius 3 is 2.62 bits per heavy atom. The Morgan fingerprint density at radius 2 is 1.90 bits per heavy atom. The third kappa shape index (κ3) is 4.68. The highest BCUT2D eigenvalue weighted by Gasteiger charge is 2.12. The van der Waals surface area contributed by atoms with E-state index in [2.05, 4.69) is 4.72 Å². The summed E-state index contributed by atoms with van der Waals surface area (Å²) in [6, 6.07) is 14.1. The van der Waals surface area contributed by atoms with Gasteiger partial charge >= 0.3 is 0 Å². The van der Waals surface area contributed by atoms with E-state index in [9.17, 15) is 8.42 Å². The van der Waals surface area contributed by atoms with Crippen LogP contribution in [0.25, 0.3) is 0 Å². The zero-order chi connectivity index (χ0) is 15.3. The van der Waals surface area contributed by atoms with Crippen LogP contribution in [0.5, 0.6) is 5.75 Å². The van der Waals surface area contributed by atoms with E-state index in [1.54, 1.807) is 36.4 Å². The van der Waals surface area contributed by atoms with Gasteiger partial charge < -0.3 is 10.5 Å². The molecular formula is C15H18N2O3S. The standard InChI is InChI=1S/C15H18N2O3S/c1-12-5-2-3-8-15(12)17-21(18,19)10-9-20-14-7-4-6-13(16)11-14/h2-8,11,17H,9-10,16H2,1H3. The Bertz CT molecular complexity index is 714. The summed E-state index contributed by atoms with van der Waals surface area (Å²) >= 11 is 0. The summed E-state index contributed by atoms with van der Waals surface area (Å²) in [6.45, 7) is 1.91. The lowest BCUT2D eigenvalue weighted by molar-refractivity contribution is 0.341. The fourth-order valence-corrected chi connectivity index (χ4v) is 2.75. The van der Waals surface area contributed by atoms with Crippen molar-refractivity contribution >= 4 is 21.4 Å². The molecule has 0 saturated heterocycles.